The lowest BCUT2D eigenvalue weighted by Gasteiger charge is -2.19. The Labute approximate surface area is 141 Å². The second-order valence-corrected chi connectivity index (χ2v) is 6.38. The second kappa shape index (κ2) is 6.49. The molecule has 0 saturated heterocycles. The van der Waals surface area contributed by atoms with E-state index in [1.807, 2.05) is 80.1 Å². The number of benzene rings is 2. The number of aryl methyl sites for hydroxylation is 1. The van der Waals surface area contributed by atoms with E-state index in [-0.39, 0.29) is 11.8 Å². The summed E-state index contributed by atoms with van der Waals surface area (Å²) in [4.78, 5) is 12.7. The van der Waals surface area contributed by atoms with Gasteiger partial charge in [0.05, 0.1) is 6.10 Å². The van der Waals surface area contributed by atoms with Gasteiger partial charge in [0.2, 0.25) is 0 Å². The fraction of sp³-hybridized carbons (Fsp3) is 0.250. The Morgan fingerprint density at radius 3 is 2.46 bits per heavy atom. The molecule has 0 radical (unpaired) electrons. The van der Waals surface area contributed by atoms with E-state index in [0.717, 1.165) is 16.5 Å². The SMILES string of the molecule is CC(C)[C@@H](O)c1ccccc1NC(=O)c1cc2ccccc2n1C. The van der Waals surface area contributed by atoms with Crippen LogP contribution in [0, 0.1) is 5.92 Å². The Kier molecular flexibility index (Phi) is 4.40. The molecule has 24 heavy (non-hydrogen) atoms. The molecule has 1 atom stereocenters. The largest absolute Gasteiger partial charge is 0.388 e. The van der Waals surface area contributed by atoms with Crippen LogP contribution in [0.2, 0.25) is 0 Å². The van der Waals surface area contributed by atoms with Crippen LogP contribution in [-0.2, 0) is 7.05 Å². The van der Waals surface area contributed by atoms with E-state index < -0.39 is 6.10 Å². The first kappa shape index (κ1) is 16.3. The highest BCUT2D eigenvalue weighted by Crippen LogP contribution is 2.28. The second-order valence-electron chi connectivity index (χ2n) is 6.38. The molecule has 0 fully saturated rings. The maximum absolute atomic E-state index is 12.7. The van der Waals surface area contributed by atoms with Gasteiger partial charge in [0.1, 0.15) is 5.69 Å². The first-order valence-electron chi connectivity index (χ1n) is 8.12. The van der Waals surface area contributed by atoms with Crippen LogP contribution in [-0.4, -0.2) is 15.6 Å². The van der Waals surface area contributed by atoms with Crippen LogP contribution < -0.4 is 5.32 Å². The zero-order chi connectivity index (χ0) is 17.3. The zero-order valence-corrected chi connectivity index (χ0v) is 14.2. The molecule has 0 bridgehead atoms. The molecule has 1 amide bonds. The molecule has 4 heteroatoms. The van der Waals surface area contributed by atoms with Crippen molar-refractivity contribution in [3.8, 4) is 0 Å². The van der Waals surface area contributed by atoms with Crippen molar-refractivity contribution < 1.29 is 9.90 Å². The molecule has 2 aromatic carbocycles. The topological polar surface area (TPSA) is 54.3 Å². The summed E-state index contributed by atoms with van der Waals surface area (Å²) in [5.41, 5.74) is 2.98. The summed E-state index contributed by atoms with van der Waals surface area (Å²) in [6.07, 6.45) is -0.617. The van der Waals surface area contributed by atoms with Crippen molar-refractivity contribution in [2.75, 3.05) is 5.32 Å². The Morgan fingerprint density at radius 1 is 1.08 bits per heavy atom. The minimum absolute atomic E-state index is 0.0701. The zero-order valence-electron chi connectivity index (χ0n) is 14.2. The number of anilines is 1. The predicted octanol–water partition coefficient (Wildman–Crippen LogP) is 4.12. The summed E-state index contributed by atoms with van der Waals surface area (Å²) in [5.74, 6) is -0.113. The summed E-state index contributed by atoms with van der Waals surface area (Å²) < 4.78 is 1.88. The maximum Gasteiger partial charge on any atom is 0.272 e. The van der Waals surface area contributed by atoms with Crippen molar-refractivity contribution in [3.05, 3.63) is 65.9 Å². The number of hydrogen-bond acceptors (Lipinski definition) is 2. The van der Waals surface area contributed by atoms with Gasteiger partial charge in [-0.05, 0) is 24.1 Å². The summed E-state index contributed by atoms with van der Waals surface area (Å²) in [6.45, 7) is 3.90. The number of hydrogen-bond donors (Lipinski definition) is 2. The normalized spacial score (nSPS) is 12.5. The molecule has 0 saturated carbocycles. The van der Waals surface area contributed by atoms with Crippen molar-refractivity contribution in [2.24, 2.45) is 13.0 Å². The molecule has 1 heterocycles. The summed E-state index contributed by atoms with van der Waals surface area (Å²) >= 11 is 0. The third-order valence-electron chi connectivity index (χ3n) is 4.34. The lowest BCUT2D eigenvalue weighted by molar-refractivity contribution is 0.101. The van der Waals surface area contributed by atoms with Gasteiger partial charge in [-0.2, -0.15) is 0 Å². The van der Waals surface area contributed by atoms with E-state index in [9.17, 15) is 9.90 Å². The Bertz CT molecular complexity index is 880. The average Bonchev–Trinajstić information content (AvgIpc) is 2.92. The number of aliphatic hydroxyl groups is 1. The third-order valence-corrected chi connectivity index (χ3v) is 4.34. The third kappa shape index (κ3) is 2.93. The number of para-hydroxylation sites is 2. The minimum Gasteiger partial charge on any atom is -0.388 e. The number of carbonyl (C=O) groups is 1. The molecule has 3 aromatic rings. The highest BCUT2D eigenvalue weighted by Gasteiger charge is 2.19. The summed E-state index contributed by atoms with van der Waals surface area (Å²) in [7, 11) is 1.88. The van der Waals surface area contributed by atoms with E-state index in [0.29, 0.717) is 11.4 Å². The van der Waals surface area contributed by atoms with E-state index in [2.05, 4.69) is 5.32 Å². The highest BCUT2D eigenvalue weighted by atomic mass is 16.3. The number of amides is 1. The van der Waals surface area contributed by atoms with Gasteiger partial charge in [-0.3, -0.25) is 4.79 Å². The number of fused-ring (bicyclic) bond motifs is 1. The van der Waals surface area contributed by atoms with Gasteiger partial charge in [-0.25, -0.2) is 0 Å². The van der Waals surface area contributed by atoms with Gasteiger partial charge in [0, 0.05) is 29.2 Å². The minimum atomic E-state index is -0.617. The smallest absolute Gasteiger partial charge is 0.272 e. The number of nitrogens with zero attached hydrogens (tertiary/aromatic N) is 1. The molecule has 0 aliphatic rings. The van der Waals surface area contributed by atoms with Crippen molar-refractivity contribution in [1.82, 2.24) is 4.57 Å². The van der Waals surface area contributed by atoms with E-state index >= 15 is 0 Å². The molecule has 2 N–H and O–H groups in total. The van der Waals surface area contributed by atoms with Gasteiger partial charge in [0.15, 0.2) is 0 Å². The van der Waals surface area contributed by atoms with E-state index in [4.69, 9.17) is 0 Å². The lowest BCUT2D eigenvalue weighted by Crippen LogP contribution is -2.18. The first-order valence-corrected chi connectivity index (χ1v) is 8.12. The molecule has 4 nitrogen and oxygen atoms in total. The number of aromatic nitrogens is 1. The first-order chi connectivity index (χ1) is 11.5. The molecule has 0 aliphatic heterocycles. The Hall–Kier alpha value is -2.59. The fourth-order valence-electron chi connectivity index (χ4n) is 2.92. The monoisotopic (exact) mass is 322 g/mol. The van der Waals surface area contributed by atoms with Crippen LogP contribution in [0.25, 0.3) is 10.9 Å². The van der Waals surface area contributed by atoms with Crippen LogP contribution in [0.15, 0.2) is 54.6 Å². The Morgan fingerprint density at radius 2 is 1.75 bits per heavy atom. The van der Waals surface area contributed by atoms with Crippen LogP contribution in [0.1, 0.15) is 36.0 Å². The summed E-state index contributed by atoms with van der Waals surface area (Å²) in [5, 5.41) is 14.3. The molecule has 124 valence electrons. The van der Waals surface area contributed by atoms with E-state index in [1.165, 1.54) is 0 Å². The average molecular weight is 322 g/mol. The maximum atomic E-state index is 12.7. The summed E-state index contributed by atoms with van der Waals surface area (Å²) in [6, 6.07) is 17.2. The van der Waals surface area contributed by atoms with Gasteiger partial charge in [0.25, 0.3) is 5.91 Å². The number of rotatable bonds is 4. The van der Waals surface area contributed by atoms with Crippen molar-refractivity contribution in [2.45, 2.75) is 20.0 Å². The standard InChI is InChI=1S/C20H22N2O2/c1-13(2)19(23)15-9-5-6-10-16(15)21-20(24)18-12-14-8-4-7-11-17(14)22(18)3/h4-13,19,23H,1-3H3,(H,21,24)/t19-/m1/s1. The molecular formula is C20H22N2O2. The molecule has 0 spiro atoms. The van der Waals surface area contributed by atoms with Crippen molar-refractivity contribution in [3.63, 3.8) is 0 Å². The number of nitrogens with one attached hydrogen (secondary N) is 1. The van der Waals surface area contributed by atoms with E-state index in [1.54, 1.807) is 0 Å². The number of carbonyl (C=O) groups excluding carboxylic acids is 1. The van der Waals surface area contributed by atoms with Gasteiger partial charge in [-0.15, -0.1) is 0 Å². The Balaban J connectivity index is 1.94. The highest BCUT2D eigenvalue weighted by molar-refractivity contribution is 6.06. The van der Waals surface area contributed by atoms with Crippen LogP contribution in [0.5, 0.6) is 0 Å². The quantitative estimate of drug-likeness (QED) is 0.759. The van der Waals surface area contributed by atoms with Gasteiger partial charge in [-0.1, -0.05) is 50.2 Å². The van der Waals surface area contributed by atoms with Crippen LogP contribution in [0.4, 0.5) is 5.69 Å². The molecular weight excluding hydrogens is 300 g/mol. The van der Waals surface area contributed by atoms with Crippen LogP contribution >= 0.6 is 0 Å². The molecule has 0 aliphatic carbocycles. The van der Waals surface area contributed by atoms with Crippen molar-refractivity contribution >= 4 is 22.5 Å². The molecule has 1 aromatic heterocycles. The fourth-order valence-corrected chi connectivity index (χ4v) is 2.92. The number of aliphatic hydroxyl groups excluding tert-OH is 1. The molecule has 3 rings (SSSR count). The van der Waals surface area contributed by atoms with Gasteiger partial charge >= 0.3 is 0 Å². The van der Waals surface area contributed by atoms with Crippen LogP contribution in [0.3, 0.4) is 0 Å². The van der Waals surface area contributed by atoms with Gasteiger partial charge < -0.3 is 15.0 Å². The lowest BCUT2D eigenvalue weighted by atomic mass is 9.97. The van der Waals surface area contributed by atoms with Crippen molar-refractivity contribution in [1.29, 1.82) is 0 Å². The predicted molar refractivity (Wildman–Crippen MR) is 97.1 cm³/mol. The molecule has 0 unspecified atom stereocenters.